The summed E-state index contributed by atoms with van der Waals surface area (Å²) in [5.74, 6) is 0. The Hall–Kier alpha value is -0.160. The molecule has 0 aromatic rings. The lowest BCUT2D eigenvalue weighted by molar-refractivity contribution is -0.103. The van der Waals surface area contributed by atoms with Crippen LogP contribution in [0.3, 0.4) is 0 Å². The first-order valence-electron chi connectivity index (χ1n) is 5.97. The van der Waals surface area contributed by atoms with Gasteiger partial charge in [-0.05, 0) is 32.2 Å². The molecule has 0 spiro atoms. The van der Waals surface area contributed by atoms with Crippen LogP contribution in [0, 0.1) is 0 Å². The number of hydrogen-bond acceptors (Lipinski definition) is 4. The fraction of sp³-hybridized carbons (Fsp3) is 1.00. The molecule has 0 saturated carbocycles. The molecule has 2 fully saturated rings. The maximum absolute atomic E-state index is 5.72. The molecule has 4 nitrogen and oxygen atoms in total. The van der Waals surface area contributed by atoms with Gasteiger partial charge in [0, 0.05) is 13.0 Å². The monoisotopic (exact) mass is 215 g/mol. The zero-order valence-electron chi connectivity index (χ0n) is 9.19. The highest BCUT2D eigenvalue weighted by atomic mass is 16.7. The second-order valence-corrected chi connectivity index (χ2v) is 4.32. The van der Waals surface area contributed by atoms with Crippen molar-refractivity contribution < 1.29 is 14.2 Å². The SMILES string of the molecule is NCCC1COC(CC2CCCCO2)O1. The molecule has 0 aliphatic carbocycles. The quantitative estimate of drug-likeness (QED) is 0.761. The summed E-state index contributed by atoms with van der Waals surface area (Å²) in [7, 11) is 0. The molecule has 2 rings (SSSR count). The van der Waals surface area contributed by atoms with Gasteiger partial charge in [-0.25, -0.2) is 0 Å². The molecule has 2 N–H and O–H groups in total. The van der Waals surface area contributed by atoms with Gasteiger partial charge in [-0.3, -0.25) is 0 Å². The molecule has 88 valence electrons. The Morgan fingerprint density at radius 3 is 2.80 bits per heavy atom. The van der Waals surface area contributed by atoms with Crippen LogP contribution in [0.4, 0.5) is 0 Å². The Morgan fingerprint density at radius 2 is 2.07 bits per heavy atom. The summed E-state index contributed by atoms with van der Waals surface area (Å²) in [5, 5.41) is 0. The van der Waals surface area contributed by atoms with Gasteiger partial charge in [-0.2, -0.15) is 0 Å². The van der Waals surface area contributed by atoms with Gasteiger partial charge in [-0.1, -0.05) is 0 Å². The second kappa shape index (κ2) is 5.80. The van der Waals surface area contributed by atoms with Crippen molar-refractivity contribution in [3.8, 4) is 0 Å². The van der Waals surface area contributed by atoms with Crippen LogP contribution in [0.15, 0.2) is 0 Å². The van der Waals surface area contributed by atoms with Gasteiger partial charge < -0.3 is 19.9 Å². The molecule has 0 aromatic heterocycles. The Kier molecular flexibility index (Phi) is 4.38. The zero-order valence-corrected chi connectivity index (χ0v) is 9.19. The molecule has 2 aliphatic rings. The van der Waals surface area contributed by atoms with Crippen LogP contribution < -0.4 is 5.73 Å². The van der Waals surface area contributed by atoms with E-state index in [-0.39, 0.29) is 12.4 Å². The van der Waals surface area contributed by atoms with E-state index in [0.29, 0.717) is 19.3 Å². The van der Waals surface area contributed by atoms with Gasteiger partial charge in [0.15, 0.2) is 6.29 Å². The van der Waals surface area contributed by atoms with Crippen LogP contribution in [0.25, 0.3) is 0 Å². The van der Waals surface area contributed by atoms with Gasteiger partial charge in [-0.15, -0.1) is 0 Å². The molecule has 15 heavy (non-hydrogen) atoms. The lowest BCUT2D eigenvalue weighted by Crippen LogP contribution is -2.25. The largest absolute Gasteiger partial charge is 0.378 e. The van der Waals surface area contributed by atoms with Crippen molar-refractivity contribution in [2.24, 2.45) is 5.73 Å². The predicted molar refractivity (Wildman–Crippen MR) is 56.5 cm³/mol. The Labute approximate surface area is 91.1 Å². The molecule has 4 heteroatoms. The first-order valence-corrected chi connectivity index (χ1v) is 5.97. The van der Waals surface area contributed by atoms with Crippen LogP contribution in [-0.2, 0) is 14.2 Å². The second-order valence-electron chi connectivity index (χ2n) is 4.32. The standard InChI is InChI=1S/C11H21NO3/c12-5-4-10-8-14-11(15-10)7-9-3-1-2-6-13-9/h9-11H,1-8,12H2. The molecule has 0 radical (unpaired) electrons. The minimum Gasteiger partial charge on any atom is -0.378 e. The van der Waals surface area contributed by atoms with Gasteiger partial charge >= 0.3 is 0 Å². The summed E-state index contributed by atoms with van der Waals surface area (Å²) in [6.07, 6.45) is 5.84. The average Bonchev–Trinajstić information content (AvgIpc) is 2.68. The molecule has 2 heterocycles. The molecule has 3 atom stereocenters. The number of hydrogen-bond donors (Lipinski definition) is 1. The Balaban J connectivity index is 1.67. The van der Waals surface area contributed by atoms with E-state index in [1.807, 2.05) is 0 Å². The maximum atomic E-state index is 5.72. The number of ether oxygens (including phenoxy) is 3. The fourth-order valence-electron chi connectivity index (χ4n) is 2.18. The summed E-state index contributed by atoms with van der Waals surface area (Å²) in [5.41, 5.74) is 5.48. The average molecular weight is 215 g/mol. The van der Waals surface area contributed by atoms with E-state index in [1.165, 1.54) is 12.8 Å². The van der Waals surface area contributed by atoms with Gasteiger partial charge in [0.05, 0.1) is 18.8 Å². The first-order chi connectivity index (χ1) is 7.38. The van der Waals surface area contributed by atoms with Crippen molar-refractivity contribution in [2.45, 2.75) is 50.6 Å². The van der Waals surface area contributed by atoms with E-state index in [9.17, 15) is 0 Å². The molecular weight excluding hydrogens is 194 g/mol. The lowest BCUT2D eigenvalue weighted by atomic mass is 10.1. The molecule has 2 saturated heterocycles. The highest BCUT2D eigenvalue weighted by Crippen LogP contribution is 2.23. The first kappa shape index (κ1) is 11.3. The summed E-state index contributed by atoms with van der Waals surface area (Å²) in [6.45, 7) is 2.25. The van der Waals surface area contributed by atoms with Crippen molar-refractivity contribution in [3.05, 3.63) is 0 Å². The zero-order chi connectivity index (χ0) is 10.5. The molecule has 3 unspecified atom stereocenters. The van der Waals surface area contributed by atoms with Gasteiger partial charge in [0.1, 0.15) is 0 Å². The fourth-order valence-corrected chi connectivity index (χ4v) is 2.18. The summed E-state index contributed by atoms with van der Waals surface area (Å²) >= 11 is 0. The maximum Gasteiger partial charge on any atom is 0.160 e. The Bertz CT molecular complexity index is 183. The van der Waals surface area contributed by atoms with Crippen LogP contribution >= 0.6 is 0 Å². The van der Waals surface area contributed by atoms with E-state index in [4.69, 9.17) is 19.9 Å². The van der Waals surface area contributed by atoms with Gasteiger partial charge in [0.2, 0.25) is 0 Å². The van der Waals surface area contributed by atoms with Crippen LogP contribution in [0.2, 0.25) is 0 Å². The number of rotatable bonds is 4. The van der Waals surface area contributed by atoms with Crippen LogP contribution in [-0.4, -0.2) is 38.3 Å². The molecular formula is C11H21NO3. The normalized spacial score (nSPS) is 37.0. The summed E-state index contributed by atoms with van der Waals surface area (Å²) in [6, 6.07) is 0. The van der Waals surface area contributed by atoms with Gasteiger partial charge in [0.25, 0.3) is 0 Å². The van der Waals surface area contributed by atoms with Crippen LogP contribution in [0.5, 0.6) is 0 Å². The lowest BCUT2D eigenvalue weighted by Gasteiger charge is -2.24. The van der Waals surface area contributed by atoms with Crippen molar-refractivity contribution in [3.63, 3.8) is 0 Å². The molecule has 0 amide bonds. The van der Waals surface area contributed by atoms with E-state index in [0.717, 1.165) is 25.9 Å². The predicted octanol–water partition coefficient (Wildman–Crippen LogP) is 1.04. The third-order valence-corrected chi connectivity index (χ3v) is 3.03. The van der Waals surface area contributed by atoms with Crippen molar-refractivity contribution >= 4 is 0 Å². The third kappa shape index (κ3) is 3.41. The number of nitrogens with two attached hydrogens (primary N) is 1. The molecule has 0 aromatic carbocycles. The smallest absolute Gasteiger partial charge is 0.160 e. The van der Waals surface area contributed by atoms with E-state index in [1.54, 1.807) is 0 Å². The minimum absolute atomic E-state index is 0.0651. The Morgan fingerprint density at radius 1 is 1.13 bits per heavy atom. The molecule has 2 aliphatic heterocycles. The van der Waals surface area contributed by atoms with E-state index < -0.39 is 0 Å². The van der Waals surface area contributed by atoms with Crippen molar-refractivity contribution in [2.75, 3.05) is 19.8 Å². The minimum atomic E-state index is -0.0651. The van der Waals surface area contributed by atoms with Crippen molar-refractivity contribution in [1.82, 2.24) is 0 Å². The third-order valence-electron chi connectivity index (χ3n) is 3.03. The summed E-state index contributed by atoms with van der Waals surface area (Å²) < 4.78 is 16.9. The highest BCUT2D eigenvalue weighted by molar-refractivity contribution is 4.71. The molecule has 0 bridgehead atoms. The van der Waals surface area contributed by atoms with Crippen molar-refractivity contribution in [1.29, 1.82) is 0 Å². The highest BCUT2D eigenvalue weighted by Gasteiger charge is 2.28. The van der Waals surface area contributed by atoms with E-state index >= 15 is 0 Å². The van der Waals surface area contributed by atoms with Crippen LogP contribution in [0.1, 0.15) is 32.1 Å². The van der Waals surface area contributed by atoms with E-state index in [2.05, 4.69) is 0 Å². The summed E-state index contributed by atoms with van der Waals surface area (Å²) in [4.78, 5) is 0. The topological polar surface area (TPSA) is 53.7 Å².